The molecule has 0 unspecified atom stereocenters. The molecule has 0 fully saturated rings. The van der Waals surface area contributed by atoms with Gasteiger partial charge in [-0.05, 0) is 52.7 Å². The summed E-state index contributed by atoms with van der Waals surface area (Å²) >= 11 is 8.40. The van der Waals surface area contributed by atoms with E-state index in [0.29, 0.717) is 11.6 Å². The second kappa shape index (κ2) is 6.07. The predicted molar refractivity (Wildman–Crippen MR) is 78.2 cm³/mol. The maximum absolute atomic E-state index is 13.6. The summed E-state index contributed by atoms with van der Waals surface area (Å²) in [4.78, 5) is 12.0. The minimum Gasteiger partial charge on any atom is -0.322 e. The van der Waals surface area contributed by atoms with Crippen molar-refractivity contribution in [1.29, 1.82) is 0 Å². The molecule has 21 heavy (non-hydrogen) atoms. The van der Waals surface area contributed by atoms with Crippen molar-refractivity contribution in [3.63, 3.8) is 0 Å². The second-order valence-electron chi connectivity index (χ2n) is 4.28. The van der Waals surface area contributed by atoms with Crippen LogP contribution in [0.2, 0.25) is 5.02 Å². The first-order valence-corrected chi connectivity index (χ1v) is 6.88. The van der Waals surface area contributed by atoms with Crippen LogP contribution in [0.25, 0.3) is 0 Å². The first-order chi connectivity index (χ1) is 9.79. The molecule has 0 aliphatic heterocycles. The molecule has 0 aliphatic rings. The molecule has 0 saturated heterocycles. The molecule has 0 bridgehead atoms. The number of aryl methyl sites for hydroxylation is 1. The summed E-state index contributed by atoms with van der Waals surface area (Å²) in [5, 5.41) is 1.98. The van der Waals surface area contributed by atoms with E-state index in [-0.39, 0.29) is 10.2 Å². The van der Waals surface area contributed by atoms with Gasteiger partial charge in [-0.25, -0.2) is 13.2 Å². The van der Waals surface area contributed by atoms with E-state index in [1.165, 1.54) is 12.1 Å². The summed E-state index contributed by atoms with van der Waals surface area (Å²) < 4.78 is 40.4. The van der Waals surface area contributed by atoms with Gasteiger partial charge in [-0.15, -0.1) is 0 Å². The standard InChI is InChI=1S/C14H8BrClF3NO/c1-6-2-11(18)8(15)4-13(6)20-14(21)7-3-12(19)9(16)5-10(7)17/h2-5H,1H3,(H,20,21). The van der Waals surface area contributed by atoms with Gasteiger partial charge in [0.15, 0.2) is 0 Å². The van der Waals surface area contributed by atoms with E-state index in [9.17, 15) is 18.0 Å². The number of hydrogen-bond acceptors (Lipinski definition) is 1. The Balaban J connectivity index is 2.35. The van der Waals surface area contributed by atoms with E-state index in [2.05, 4.69) is 21.2 Å². The average Bonchev–Trinajstić information content (AvgIpc) is 2.40. The fraction of sp³-hybridized carbons (Fsp3) is 0.0714. The number of carbonyl (C=O) groups is 1. The SMILES string of the molecule is Cc1cc(F)c(Br)cc1NC(=O)c1cc(F)c(Cl)cc1F. The minimum absolute atomic E-state index is 0.145. The number of amides is 1. The van der Waals surface area contributed by atoms with Crippen LogP contribution < -0.4 is 5.32 Å². The molecule has 2 aromatic carbocycles. The van der Waals surface area contributed by atoms with Gasteiger partial charge in [0.1, 0.15) is 17.5 Å². The smallest absolute Gasteiger partial charge is 0.258 e. The molecule has 0 radical (unpaired) electrons. The van der Waals surface area contributed by atoms with Crippen LogP contribution in [-0.4, -0.2) is 5.91 Å². The van der Waals surface area contributed by atoms with E-state index in [1.807, 2.05) is 0 Å². The Morgan fingerprint density at radius 2 is 1.76 bits per heavy atom. The van der Waals surface area contributed by atoms with E-state index in [0.717, 1.165) is 6.07 Å². The predicted octanol–water partition coefficient (Wildman–Crippen LogP) is 5.08. The number of benzene rings is 2. The second-order valence-corrected chi connectivity index (χ2v) is 5.54. The van der Waals surface area contributed by atoms with Crippen molar-refractivity contribution in [3.05, 3.63) is 62.3 Å². The fourth-order valence-electron chi connectivity index (χ4n) is 1.67. The third kappa shape index (κ3) is 3.39. The van der Waals surface area contributed by atoms with Crippen molar-refractivity contribution < 1.29 is 18.0 Å². The third-order valence-electron chi connectivity index (χ3n) is 2.77. The zero-order valence-electron chi connectivity index (χ0n) is 10.6. The van der Waals surface area contributed by atoms with Gasteiger partial charge in [-0.3, -0.25) is 4.79 Å². The quantitative estimate of drug-likeness (QED) is 0.726. The third-order valence-corrected chi connectivity index (χ3v) is 3.67. The van der Waals surface area contributed by atoms with Crippen molar-refractivity contribution >= 4 is 39.1 Å². The normalized spacial score (nSPS) is 10.6. The van der Waals surface area contributed by atoms with Crippen LogP contribution in [-0.2, 0) is 0 Å². The molecule has 2 aromatic rings. The van der Waals surface area contributed by atoms with Gasteiger partial charge in [-0.2, -0.15) is 0 Å². The Labute approximate surface area is 132 Å². The number of hydrogen-bond donors (Lipinski definition) is 1. The molecule has 0 heterocycles. The summed E-state index contributed by atoms with van der Waals surface area (Å²) in [5.41, 5.74) is 0.235. The maximum Gasteiger partial charge on any atom is 0.258 e. The topological polar surface area (TPSA) is 29.1 Å². The van der Waals surface area contributed by atoms with E-state index >= 15 is 0 Å². The van der Waals surface area contributed by atoms with Gasteiger partial charge >= 0.3 is 0 Å². The van der Waals surface area contributed by atoms with Crippen molar-refractivity contribution in [2.75, 3.05) is 5.32 Å². The first-order valence-electron chi connectivity index (χ1n) is 5.71. The molecule has 0 saturated carbocycles. The van der Waals surface area contributed by atoms with E-state index < -0.39 is 33.9 Å². The number of nitrogens with one attached hydrogen (secondary N) is 1. The molecule has 0 spiro atoms. The largest absolute Gasteiger partial charge is 0.322 e. The molecular formula is C14H8BrClF3NO. The average molecular weight is 379 g/mol. The van der Waals surface area contributed by atoms with Crippen molar-refractivity contribution in [2.45, 2.75) is 6.92 Å². The number of halogens is 5. The van der Waals surface area contributed by atoms with Crippen LogP contribution >= 0.6 is 27.5 Å². The van der Waals surface area contributed by atoms with Gasteiger partial charge in [0, 0.05) is 5.69 Å². The molecule has 2 rings (SSSR count). The highest BCUT2D eigenvalue weighted by Crippen LogP contribution is 2.25. The highest BCUT2D eigenvalue weighted by molar-refractivity contribution is 9.10. The molecule has 1 amide bonds. The van der Waals surface area contributed by atoms with Crippen LogP contribution in [0.15, 0.2) is 28.7 Å². The Bertz CT molecular complexity index is 737. The van der Waals surface area contributed by atoms with Gasteiger partial charge in [0.05, 0.1) is 15.1 Å². The lowest BCUT2D eigenvalue weighted by Crippen LogP contribution is -2.15. The molecule has 2 nitrogen and oxygen atoms in total. The Morgan fingerprint density at radius 1 is 1.10 bits per heavy atom. The van der Waals surface area contributed by atoms with Crippen LogP contribution in [0.3, 0.4) is 0 Å². The molecule has 0 aromatic heterocycles. The maximum atomic E-state index is 13.6. The Kier molecular flexibility index (Phi) is 4.58. The Morgan fingerprint density at radius 3 is 2.43 bits per heavy atom. The zero-order chi connectivity index (χ0) is 15.7. The highest BCUT2D eigenvalue weighted by atomic mass is 79.9. The Hall–Kier alpha value is -1.53. The van der Waals surface area contributed by atoms with Gasteiger partial charge in [0.2, 0.25) is 0 Å². The number of rotatable bonds is 2. The molecule has 110 valence electrons. The van der Waals surface area contributed by atoms with E-state index in [4.69, 9.17) is 11.6 Å². The van der Waals surface area contributed by atoms with Crippen LogP contribution in [0.4, 0.5) is 18.9 Å². The summed E-state index contributed by atoms with van der Waals surface area (Å²) in [6.45, 7) is 1.57. The summed E-state index contributed by atoms with van der Waals surface area (Å²) in [7, 11) is 0. The van der Waals surface area contributed by atoms with Crippen molar-refractivity contribution in [1.82, 2.24) is 0 Å². The lowest BCUT2D eigenvalue weighted by Gasteiger charge is -2.10. The summed E-state index contributed by atoms with van der Waals surface area (Å²) in [5.74, 6) is -3.20. The highest BCUT2D eigenvalue weighted by Gasteiger charge is 2.17. The first kappa shape index (κ1) is 15.9. The lowest BCUT2D eigenvalue weighted by molar-refractivity contribution is 0.102. The van der Waals surface area contributed by atoms with E-state index in [1.54, 1.807) is 6.92 Å². The molecule has 1 N–H and O–H groups in total. The van der Waals surface area contributed by atoms with Crippen molar-refractivity contribution in [3.8, 4) is 0 Å². The van der Waals surface area contributed by atoms with Gasteiger partial charge in [-0.1, -0.05) is 11.6 Å². The lowest BCUT2D eigenvalue weighted by atomic mass is 10.1. The van der Waals surface area contributed by atoms with Gasteiger partial charge in [0.25, 0.3) is 5.91 Å². The molecule has 0 atom stereocenters. The monoisotopic (exact) mass is 377 g/mol. The molecule has 7 heteroatoms. The number of anilines is 1. The van der Waals surface area contributed by atoms with Gasteiger partial charge < -0.3 is 5.32 Å². The molecular weight excluding hydrogens is 371 g/mol. The fourth-order valence-corrected chi connectivity index (χ4v) is 2.16. The molecule has 0 aliphatic carbocycles. The summed E-state index contributed by atoms with van der Waals surface area (Å²) in [6.07, 6.45) is 0. The minimum atomic E-state index is -0.947. The van der Waals surface area contributed by atoms with Crippen molar-refractivity contribution in [2.24, 2.45) is 0 Å². The number of carbonyl (C=O) groups excluding carboxylic acids is 1. The van der Waals surface area contributed by atoms with Crippen LogP contribution in [0.5, 0.6) is 0 Å². The zero-order valence-corrected chi connectivity index (χ0v) is 12.9. The van der Waals surface area contributed by atoms with Crippen LogP contribution in [0, 0.1) is 24.4 Å². The van der Waals surface area contributed by atoms with Crippen LogP contribution in [0.1, 0.15) is 15.9 Å². The summed E-state index contributed by atoms with van der Waals surface area (Å²) in [6, 6.07) is 3.98.